The zero-order chi connectivity index (χ0) is 15.5. The number of carbonyl (C=O) groups is 1. The van der Waals surface area contributed by atoms with Gasteiger partial charge in [0.2, 0.25) is 0 Å². The lowest BCUT2D eigenvalue weighted by molar-refractivity contribution is 0.0690. The molecule has 2 rings (SSSR count). The molecule has 0 unspecified atom stereocenters. The lowest BCUT2D eigenvalue weighted by atomic mass is 10.2. The first kappa shape index (κ1) is 15.1. The summed E-state index contributed by atoms with van der Waals surface area (Å²) >= 11 is 0. The fourth-order valence-electron chi connectivity index (χ4n) is 1.65. The Balaban J connectivity index is 1.98. The Hall–Kier alpha value is -2.26. The quantitative estimate of drug-likeness (QED) is 0.778. The second kappa shape index (κ2) is 6.02. The number of aryl methyl sites for hydroxylation is 1. The van der Waals surface area contributed by atoms with E-state index in [-0.39, 0.29) is 23.7 Å². The molecule has 112 valence electrons. The van der Waals surface area contributed by atoms with Crippen LogP contribution in [0.15, 0.2) is 35.7 Å². The van der Waals surface area contributed by atoms with Crippen LogP contribution in [-0.4, -0.2) is 40.6 Å². The highest BCUT2D eigenvalue weighted by molar-refractivity contribution is 7.89. The highest BCUT2D eigenvalue weighted by atomic mass is 32.2. The van der Waals surface area contributed by atoms with Gasteiger partial charge in [0.1, 0.15) is 5.69 Å². The number of rotatable bonds is 6. The molecule has 0 fully saturated rings. The van der Waals surface area contributed by atoms with Crippen LogP contribution in [0.5, 0.6) is 0 Å². The molecule has 0 atom stereocenters. The summed E-state index contributed by atoms with van der Waals surface area (Å²) in [4.78, 5) is 18.5. The van der Waals surface area contributed by atoms with Crippen molar-refractivity contribution >= 4 is 16.0 Å². The Morgan fingerprint density at radius 1 is 1.43 bits per heavy atom. The molecule has 0 aliphatic rings. The lowest BCUT2D eigenvalue weighted by Gasteiger charge is -2.04. The molecule has 2 heterocycles. The van der Waals surface area contributed by atoms with Crippen LogP contribution < -0.4 is 4.72 Å². The molecule has 2 aromatic heterocycles. The molecule has 21 heavy (non-hydrogen) atoms. The number of aromatic nitrogens is 3. The molecule has 9 heteroatoms. The van der Waals surface area contributed by atoms with Gasteiger partial charge in [-0.15, -0.1) is 0 Å². The summed E-state index contributed by atoms with van der Waals surface area (Å²) in [6.45, 7) is 0.106. The maximum absolute atomic E-state index is 11.9. The third-order valence-corrected chi connectivity index (χ3v) is 4.00. The van der Waals surface area contributed by atoms with E-state index >= 15 is 0 Å². The molecule has 0 bridgehead atoms. The number of carboxylic acid groups (broad SMARTS) is 1. The number of nitrogens with one attached hydrogen (secondary N) is 1. The Morgan fingerprint density at radius 2 is 2.19 bits per heavy atom. The van der Waals surface area contributed by atoms with E-state index in [1.807, 2.05) is 0 Å². The third-order valence-electron chi connectivity index (χ3n) is 2.66. The average molecular weight is 310 g/mol. The van der Waals surface area contributed by atoms with Gasteiger partial charge < -0.3 is 9.67 Å². The molecule has 0 saturated carbocycles. The number of hydrogen-bond donors (Lipinski definition) is 2. The fraction of sp³-hybridized carbons (Fsp3) is 0.250. The number of pyridine rings is 1. The number of carboxylic acids is 1. The molecule has 0 amide bonds. The van der Waals surface area contributed by atoms with Gasteiger partial charge in [0, 0.05) is 31.9 Å². The lowest BCUT2D eigenvalue weighted by Crippen LogP contribution is -2.26. The van der Waals surface area contributed by atoms with Crippen molar-refractivity contribution in [2.75, 3.05) is 6.54 Å². The molecule has 0 aliphatic heterocycles. The summed E-state index contributed by atoms with van der Waals surface area (Å²) in [6.07, 6.45) is 3.07. The van der Waals surface area contributed by atoms with Gasteiger partial charge in [-0.05, 0) is 12.1 Å². The summed E-state index contributed by atoms with van der Waals surface area (Å²) in [7, 11) is -1.99. The number of hydrogen-bond acceptors (Lipinski definition) is 5. The predicted molar refractivity (Wildman–Crippen MR) is 73.3 cm³/mol. The van der Waals surface area contributed by atoms with Crippen molar-refractivity contribution in [1.82, 2.24) is 19.3 Å². The molecule has 8 nitrogen and oxygen atoms in total. The number of sulfonamides is 1. The van der Waals surface area contributed by atoms with Crippen LogP contribution in [0.2, 0.25) is 0 Å². The van der Waals surface area contributed by atoms with Gasteiger partial charge in [0.15, 0.2) is 5.03 Å². The first-order valence-corrected chi connectivity index (χ1v) is 7.53. The zero-order valence-electron chi connectivity index (χ0n) is 11.2. The van der Waals surface area contributed by atoms with Gasteiger partial charge in [-0.2, -0.15) is 0 Å². The van der Waals surface area contributed by atoms with Gasteiger partial charge in [-0.3, -0.25) is 0 Å². The normalized spacial score (nSPS) is 11.5. The molecule has 0 spiro atoms. The first-order valence-electron chi connectivity index (χ1n) is 6.05. The standard InChI is InChI=1S/C12H14N4O4S/c1-16-7-11(13-8-16)21(19,20)14-6-5-9-3-2-4-10(15-9)12(17)18/h2-4,7-8,14H,5-6H2,1H3,(H,17,18). The Labute approximate surface area is 121 Å². The van der Waals surface area contributed by atoms with E-state index in [9.17, 15) is 13.2 Å². The first-order chi connectivity index (χ1) is 9.88. The zero-order valence-corrected chi connectivity index (χ0v) is 12.0. The molecular formula is C12H14N4O4S. The van der Waals surface area contributed by atoms with Crippen molar-refractivity contribution < 1.29 is 18.3 Å². The van der Waals surface area contributed by atoms with E-state index < -0.39 is 16.0 Å². The van der Waals surface area contributed by atoms with Crippen LogP contribution in [0.3, 0.4) is 0 Å². The summed E-state index contributed by atoms with van der Waals surface area (Å²) in [5.74, 6) is -1.12. The minimum Gasteiger partial charge on any atom is -0.477 e. The minimum absolute atomic E-state index is 0.0581. The molecule has 2 aromatic rings. The van der Waals surface area contributed by atoms with Crippen molar-refractivity contribution in [1.29, 1.82) is 0 Å². The Morgan fingerprint density at radius 3 is 2.81 bits per heavy atom. The van der Waals surface area contributed by atoms with E-state index in [0.29, 0.717) is 5.69 Å². The minimum atomic E-state index is -3.66. The van der Waals surface area contributed by atoms with Crippen LogP contribution in [0.4, 0.5) is 0 Å². The third kappa shape index (κ3) is 3.86. The van der Waals surface area contributed by atoms with Crippen molar-refractivity contribution in [2.24, 2.45) is 7.05 Å². The number of imidazole rings is 1. The second-order valence-electron chi connectivity index (χ2n) is 4.34. The SMILES string of the molecule is Cn1cnc(S(=O)(=O)NCCc2cccc(C(=O)O)n2)c1. The van der Waals surface area contributed by atoms with Gasteiger partial charge in [-0.1, -0.05) is 6.07 Å². The summed E-state index contributed by atoms with van der Waals surface area (Å²) < 4.78 is 27.7. The molecule has 0 aromatic carbocycles. The van der Waals surface area contributed by atoms with E-state index in [2.05, 4.69) is 14.7 Å². The van der Waals surface area contributed by atoms with Crippen LogP contribution in [0.1, 0.15) is 16.2 Å². The van der Waals surface area contributed by atoms with Gasteiger partial charge in [0.05, 0.1) is 6.33 Å². The van der Waals surface area contributed by atoms with Crippen LogP contribution >= 0.6 is 0 Å². The van der Waals surface area contributed by atoms with Crippen molar-refractivity contribution in [3.8, 4) is 0 Å². The van der Waals surface area contributed by atoms with Gasteiger partial charge >= 0.3 is 5.97 Å². The Bertz CT molecular complexity index is 754. The number of nitrogens with zero attached hydrogens (tertiary/aromatic N) is 3. The molecule has 0 aliphatic carbocycles. The summed E-state index contributed by atoms with van der Waals surface area (Å²) in [5.41, 5.74) is 0.429. The maximum atomic E-state index is 11.9. The monoisotopic (exact) mass is 310 g/mol. The molecule has 0 saturated heterocycles. The van der Waals surface area contributed by atoms with E-state index in [1.165, 1.54) is 23.2 Å². The van der Waals surface area contributed by atoms with E-state index in [4.69, 9.17) is 5.11 Å². The predicted octanol–water partition coefficient (Wildman–Crippen LogP) is 0.0343. The highest BCUT2D eigenvalue weighted by Crippen LogP contribution is 2.05. The van der Waals surface area contributed by atoms with Crippen LogP contribution in [0, 0.1) is 0 Å². The van der Waals surface area contributed by atoms with E-state index in [0.717, 1.165) is 0 Å². The van der Waals surface area contributed by atoms with Crippen molar-refractivity contribution in [2.45, 2.75) is 11.4 Å². The highest BCUT2D eigenvalue weighted by Gasteiger charge is 2.16. The molecular weight excluding hydrogens is 296 g/mol. The van der Waals surface area contributed by atoms with E-state index in [1.54, 1.807) is 19.2 Å². The smallest absolute Gasteiger partial charge is 0.354 e. The topological polar surface area (TPSA) is 114 Å². The van der Waals surface area contributed by atoms with Gasteiger partial charge in [0.25, 0.3) is 10.0 Å². The summed E-state index contributed by atoms with van der Waals surface area (Å²) in [5, 5.41) is 8.77. The molecule has 2 N–H and O–H groups in total. The fourth-order valence-corrected chi connectivity index (χ4v) is 2.66. The van der Waals surface area contributed by atoms with Crippen molar-refractivity contribution in [3.05, 3.63) is 42.1 Å². The number of aromatic carboxylic acids is 1. The summed E-state index contributed by atoms with van der Waals surface area (Å²) in [6, 6.07) is 4.59. The second-order valence-corrected chi connectivity index (χ2v) is 6.06. The maximum Gasteiger partial charge on any atom is 0.354 e. The average Bonchev–Trinajstić information content (AvgIpc) is 2.86. The Kier molecular flexibility index (Phi) is 4.34. The largest absolute Gasteiger partial charge is 0.477 e. The van der Waals surface area contributed by atoms with Crippen molar-refractivity contribution in [3.63, 3.8) is 0 Å². The van der Waals surface area contributed by atoms with Crippen LogP contribution in [0.25, 0.3) is 0 Å². The van der Waals surface area contributed by atoms with Crippen LogP contribution in [-0.2, 0) is 23.5 Å². The van der Waals surface area contributed by atoms with Gasteiger partial charge in [-0.25, -0.2) is 27.9 Å². The molecule has 0 radical (unpaired) electrons.